The van der Waals surface area contributed by atoms with E-state index in [1.807, 2.05) is 16.7 Å². The average molecular weight is 363 g/mol. The zero-order chi connectivity index (χ0) is 17.4. The van der Waals surface area contributed by atoms with Crippen molar-refractivity contribution >= 4 is 23.2 Å². The van der Waals surface area contributed by atoms with Gasteiger partial charge in [0.2, 0.25) is 5.91 Å². The quantitative estimate of drug-likeness (QED) is 0.825. The van der Waals surface area contributed by atoms with E-state index in [0.29, 0.717) is 6.42 Å². The number of nitrogens with zero attached hydrogens (tertiary/aromatic N) is 3. The van der Waals surface area contributed by atoms with Crippen LogP contribution in [0.2, 0.25) is 0 Å². The van der Waals surface area contributed by atoms with Crippen molar-refractivity contribution in [3.05, 3.63) is 16.1 Å². The van der Waals surface area contributed by atoms with Gasteiger partial charge in [0.1, 0.15) is 4.88 Å². The number of aromatic nitrogens is 1. The van der Waals surface area contributed by atoms with Crippen molar-refractivity contribution in [2.75, 3.05) is 32.8 Å². The third-order valence-corrected chi connectivity index (χ3v) is 6.82. The molecule has 3 saturated heterocycles. The lowest BCUT2D eigenvalue weighted by Gasteiger charge is -2.38. The SMILES string of the molecule is Cc1ncsc1C(=O)N1CCC2(CC1)CC(=O)N(C[C@@H]1CCCO1)C2. The molecule has 1 atom stereocenters. The number of rotatable bonds is 3. The number of likely N-dealkylation sites (tertiary alicyclic amines) is 2. The average Bonchev–Trinajstić information content (AvgIpc) is 3.31. The predicted octanol–water partition coefficient (Wildman–Crippen LogP) is 2.09. The molecule has 0 radical (unpaired) electrons. The van der Waals surface area contributed by atoms with Gasteiger partial charge in [0.05, 0.1) is 17.3 Å². The maximum atomic E-state index is 12.6. The Bertz CT molecular complexity index is 660. The minimum atomic E-state index is 0.0508. The maximum absolute atomic E-state index is 12.6. The first-order chi connectivity index (χ1) is 12.1. The van der Waals surface area contributed by atoms with Gasteiger partial charge in [0, 0.05) is 44.6 Å². The Morgan fingerprint density at radius 3 is 2.88 bits per heavy atom. The summed E-state index contributed by atoms with van der Waals surface area (Å²) in [5, 5.41) is 0. The van der Waals surface area contributed by atoms with Crippen molar-refractivity contribution in [3.63, 3.8) is 0 Å². The molecule has 0 unspecified atom stereocenters. The summed E-state index contributed by atoms with van der Waals surface area (Å²) in [7, 11) is 0. The predicted molar refractivity (Wildman–Crippen MR) is 94.6 cm³/mol. The Hall–Kier alpha value is -1.47. The third-order valence-electron chi connectivity index (χ3n) is 5.90. The normalized spacial score (nSPS) is 26.0. The van der Waals surface area contributed by atoms with Crippen LogP contribution in [0.1, 0.15) is 47.5 Å². The first-order valence-electron chi connectivity index (χ1n) is 9.15. The minimum Gasteiger partial charge on any atom is -0.376 e. The van der Waals surface area contributed by atoms with E-state index in [-0.39, 0.29) is 23.3 Å². The van der Waals surface area contributed by atoms with E-state index >= 15 is 0 Å². The van der Waals surface area contributed by atoms with Gasteiger partial charge in [-0.2, -0.15) is 0 Å². The van der Waals surface area contributed by atoms with Crippen molar-refractivity contribution in [2.45, 2.75) is 45.1 Å². The van der Waals surface area contributed by atoms with Gasteiger partial charge in [-0.1, -0.05) is 0 Å². The van der Waals surface area contributed by atoms with Crippen LogP contribution < -0.4 is 0 Å². The zero-order valence-corrected chi connectivity index (χ0v) is 15.5. The molecular formula is C18H25N3O3S. The highest BCUT2D eigenvalue weighted by atomic mass is 32.1. The van der Waals surface area contributed by atoms with Gasteiger partial charge in [-0.15, -0.1) is 11.3 Å². The fourth-order valence-corrected chi connectivity index (χ4v) is 5.12. The largest absolute Gasteiger partial charge is 0.376 e. The van der Waals surface area contributed by atoms with E-state index in [1.54, 1.807) is 5.51 Å². The first kappa shape index (κ1) is 17.0. The Labute approximate surface area is 152 Å². The van der Waals surface area contributed by atoms with E-state index in [4.69, 9.17) is 4.74 Å². The van der Waals surface area contributed by atoms with Crippen molar-refractivity contribution in [3.8, 4) is 0 Å². The number of amides is 2. The second-order valence-corrected chi connectivity index (χ2v) is 8.50. The molecule has 25 heavy (non-hydrogen) atoms. The molecule has 4 heterocycles. The van der Waals surface area contributed by atoms with Crippen LogP contribution in [0, 0.1) is 12.3 Å². The summed E-state index contributed by atoms with van der Waals surface area (Å²) < 4.78 is 5.69. The Morgan fingerprint density at radius 2 is 2.24 bits per heavy atom. The molecule has 0 aromatic carbocycles. The van der Waals surface area contributed by atoms with Crippen molar-refractivity contribution in [1.82, 2.24) is 14.8 Å². The Balaban J connectivity index is 1.35. The molecule has 0 N–H and O–H groups in total. The molecule has 4 rings (SSSR count). The second-order valence-electron chi connectivity index (χ2n) is 7.65. The fraction of sp³-hybridized carbons (Fsp3) is 0.722. The molecule has 1 aromatic heterocycles. The lowest BCUT2D eigenvalue weighted by molar-refractivity contribution is -0.129. The van der Waals surface area contributed by atoms with Crippen molar-refractivity contribution < 1.29 is 14.3 Å². The van der Waals surface area contributed by atoms with Crippen molar-refractivity contribution in [1.29, 1.82) is 0 Å². The molecular weight excluding hydrogens is 338 g/mol. The minimum absolute atomic E-state index is 0.0508. The van der Waals surface area contributed by atoms with Crippen LogP contribution in [0.25, 0.3) is 0 Å². The summed E-state index contributed by atoms with van der Waals surface area (Å²) in [6.07, 6.45) is 4.82. The summed E-state index contributed by atoms with van der Waals surface area (Å²) in [5.74, 6) is 0.351. The smallest absolute Gasteiger partial charge is 0.265 e. The second kappa shape index (κ2) is 6.68. The molecule has 3 aliphatic heterocycles. The first-order valence-corrected chi connectivity index (χ1v) is 10.0. The maximum Gasteiger partial charge on any atom is 0.265 e. The molecule has 3 aliphatic rings. The van der Waals surface area contributed by atoms with Gasteiger partial charge in [-0.05, 0) is 32.6 Å². The van der Waals surface area contributed by atoms with Gasteiger partial charge >= 0.3 is 0 Å². The summed E-state index contributed by atoms with van der Waals surface area (Å²) in [5.41, 5.74) is 2.59. The molecule has 7 heteroatoms. The van der Waals surface area contributed by atoms with Gasteiger partial charge in [0.15, 0.2) is 0 Å². The highest BCUT2D eigenvalue weighted by molar-refractivity contribution is 7.11. The van der Waals surface area contributed by atoms with E-state index in [2.05, 4.69) is 4.98 Å². The highest BCUT2D eigenvalue weighted by Gasteiger charge is 2.46. The van der Waals surface area contributed by atoms with Gasteiger partial charge < -0.3 is 14.5 Å². The molecule has 6 nitrogen and oxygen atoms in total. The molecule has 1 spiro atoms. The Kier molecular flexibility index (Phi) is 4.54. The van der Waals surface area contributed by atoms with Crippen LogP contribution in [0.5, 0.6) is 0 Å². The number of carbonyl (C=O) groups is 2. The van der Waals surface area contributed by atoms with E-state index in [0.717, 1.165) is 69.0 Å². The van der Waals surface area contributed by atoms with Crippen LogP contribution >= 0.6 is 11.3 Å². The highest BCUT2D eigenvalue weighted by Crippen LogP contribution is 2.41. The topological polar surface area (TPSA) is 62.7 Å². The van der Waals surface area contributed by atoms with Crippen LogP contribution in [-0.2, 0) is 9.53 Å². The van der Waals surface area contributed by atoms with Crippen LogP contribution in [0.3, 0.4) is 0 Å². The van der Waals surface area contributed by atoms with Crippen LogP contribution in [-0.4, -0.2) is 65.5 Å². The van der Waals surface area contributed by atoms with Gasteiger partial charge in [-0.25, -0.2) is 4.98 Å². The third kappa shape index (κ3) is 3.31. The Morgan fingerprint density at radius 1 is 1.44 bits per heavy atom. The van der Waals surface area contributed by atoms with E-state index < -0.39 is 0 Å². The molecule has 0 saturated carbocycles. The summed E-state index contributed by atoms with van der Waals surface area (Å²) in [6.45, 7) is 5.74. The zero-order valence-electron chi connectivity index (χ0n) is 14.7. The van der Waals surface area contributed by atoms with E-state index in [9.17, 15) is 9.59 Å². The van der Waals surface area contributed by atoms with E-state index in [1.165, 1.54) is 11.3 Å². The molecule has 136 valence electrons. The van der Waals surface area contributed by atoms with Crippen LogP contribution in [0.15, 0.2) is 5.51 Å². The lowest BCUT2D eigenvalue weighted by atomic mass is 9.77. The fourth-order valence-electron chi connectivity index (χ4n) is 4.35. The standard InChI is InChI=1S/C18H25N3O3S/c1-13-16(25-12-19-13)17(23)20-6-4-18(5-7-20)9-15(22)21(11-18)10-14-3-2-8-24-14/h12,14H,2-11H2,1H3/t14-/m0/s1. The molecule has 3 fully saturated rings. The number of aryl methyl sites for hydroxylation is 1. The van der Waals surface area contributed by atoms with Gasteiger partial charge in [0.25, 0.3) is 5.91 Å². The number of ether oxygens (including phenoxy) is 1. The number of piperidine rings is 1. The number of carbonyl (C=O) groups excluding carboxylic acids is 2. The molecule has 1 aromatic rings. The number of thiazole rings is 1. The molecule has 0 bridgehead atoms. The molecule has 0 aliphatic carbocycles. The summed E-state index contributed by atoms with van der Waals surface area (Å²) in [4.78, 5) is 34.0. The summed E-state index contributed by atoms with van der Waals surface area (Å²) >= 11 is 1.41. The van der Waals surface area contributed by atoms with Crippen molar-refractivity contribution in [2.24, 2.45) is 5.41 Å². The number of hydrogen-bond donors (Lipinski definition) is 0. The lowest BCUT2D eigenvalue weighted by Crippen LogP contribution is -2.44. The van der Waals surface area contributed by atoms with Gasteiger partial charge in [-0.3, -0.25) is 9.59 Å². The molecule has 2 amide bonds. The summed E-state index contributed by atoms with van der Waals surface area (Å²) in [6, 6.07) is 0. The number of hydrogen-bond acceptors (Lipinski definition) is 5. The monoisotopic (exact) mass is 363 g/mol. The van der Waals surface area contributed by atoms with Crippen LogP contribution in [0.4, 0.5) is 0 Å².